The van der Waals surface area contributed by atoms with Gasteiger partial charge in [0.2, 0.25) is 5.91 Å². The fraction of sp³-hybridized carbons (Fsp3) is 0.500. The number of hydrogen-bond acceptors (Lipinski definition) is 3. The number of carbonyl (C=O) groups is 2. The number of hydrogen-bond donors (Lipinski definition) is 0. The molecule has 0 aliphatic carbocycles. The van der Waals surface area contributed by atoms with Gasteiger partial charge in [0.05, 0.1) is 5.56 Å². The van der Waals surface area contributed by atoms with E-state index in [2.05, 4.69) is 4.90 Å². The number of nitrogens with zero attached hydrogens (tertiary/aromatic N) is 3. The quantitative estimate of drug-likeness (QED) is 0.812. The maximum Gasteiger partial charge on any atom is 0.256 e. The molecule has 0 spiro atoms. The van der Waals surface area contributed by atoms with Crippen molar-refractivity contribution in [1.82, 2.24) is 14.7 Å². The molecule has 2 heterocycles. The Hall–Kier alpha value is -1.95. The van der Waals surface area contributed by atoms with E-state index in [0.717, 1.165) is 26.2 Å². The molecule has 5 nitrogen and oxygen atoms in total. The van der Waals surface area contributed by atoms with Gasteiger partial charge in [0.25, 0.3) is 5.91 Å². The number of piperazine rings is 1. The molecule has 1 aromatic carbocycles. The molecule has 0 radical (unpaired) electrons. The molecule has 6 heteroatoms. The van der Waals surface area contributed by atoms with Gasteiger partial charge in [-0.25, -0.2) is 4.39 Å². The Kier molecular flexibility index (Phi) is 4.11. The van der Waals surface area contributed by atoms with E-state index >= 15 is 0 Å². The van der Waals surface area contributed by atoms with Crippen molar-refractivity contribution in [2.75, 3.05) is 39.3 Å². The van der Waals surface area contributed by atoms with E-state index in [0.29, 0.717) is 19.1 Å². The van der Waals surface area contributed by atoms with Crippen molar-refractivity contribution in [3.05, 3.63) is 35.6 Å². The highest BCUT2D eigenvalue weighted by Crippen LogP contribution is 2.20. The zero-order valence-electron chi connectivity index (χ0n) is 12.7. The summed E-state index contributed by atoms with van der Waals surface area (Å²) in [4.78, 5) is 29.4. The summed E-state index contributed by atoms with van der Waals surface area (Å²) in [5.41, 5.74) is 0.141. The van der Waals surface area contributed by atoms with Crippen LogP contribution in [0.1, 0.15) is 17.3 Å². The van der Waals surface area contributed by atoms with Crippen molar-refractivity contribution in [1.29, 1.82) is 0 Å². The first-order valence-corrected chi connectivity index (χ1v) is 7.59. The first-order chi connectivity index (χ1) is 10.6. The molecule has 3 rings (SSSR count). The summed E-state index contributed by atoms with van der Waals surface area (Å²) >= 11 is 0. The monoisotopic (exact) mass is 305 g/mol. The molecule has 2 fully saturated rings. The van der Waals surface area contributed by atoms with Gasteiger partial charge in [0, 0.05) is 52.2 Å². The molecule has 2 aliphatic heterocycles. The Morgan fingerprint density at radius 3 is 2.27 bits per heavy atom. The summed E-state index contributed by atoms with van der Waals surface area (Å²) in [5.74, 6) is -0.590. The minimum atomic E-state index is -0.467. The SMILES string of the molecule is CC(=O)N1CCN(C2CN(C(=O)c3ccccc3F)C2)CC1. The average Bonchev–Trinajstić information content (AvgIpc) is 2.46. The summed E-state index contributed by atoms with van der Waals surface area (Å²) in [6.45, 7) is 6.02. The van der Waals surface area contributed by atoms with Gasteiger partial charge in [-0.2, -0.15) is 0 Å². The van der Waals surface area contributed by atoms with E-state index < -0.39 is 5.82 Å². The molecule has 1 aromatic rings. The highest BCUT2D eigenvalue weighted by atomic mass is 19.1. The number of benzene rings is 1. The second kappa shape index (κ2) is 6.04. The number of rotatable bonds is 2. The molecule has 2 saturated heterocycles. The second-order valence-electron chi connectivity index (χ2n) is 5.89. The van der Waals surface area contributed by atoms with Gasteiger partial charge in [0.15, 0.2) is 0 Å². The zero-order valence-corrected chi connectivity index (χ0v) is 12.7. The maximum atomic E-state index is 13.6. The van der Waals surface area contributed by atoms with E-state index in [-0.39, 0.29) is 17.4 Å². The van der Waals surface area contributed by atoms with Crippen LogP contribution in [0.5, 0.6) is 0 Å². The van der Waals surface area contributed by atoms with Gasteiger partial charge in [-0.05, 0) is 12.1 Å². The van der Waals surface area contributed by atoms with Crippen LogP contribution in [-0.2, 0) is 4.79 Å². The van der Waals surface area contributed by atoms with Crippen molar-refractivity contribution in [3.8, 4) is 0 Å². The van der Waals surface area contributed by atoms with Crippen LogP contribution in [0.2, 0.25) is 0 Å². The third-order valence-electron chi connectivity index (χ3n) is 4.53. The van der Waals surface area contributed by atoms with E-state index in [1.54, 1.807) is 24.0 Å². The van der Waals surface area contributed by atoms with Crippen molar-refractivity contribution >= 4 is 11.8 Å². The Balaban J connectivity index is 1.51. The lowest BCUT2D eigenvalue weighted by atomic mass is 10.0. The van der Waals surface area contributed by atoms with Gasteiger partial charge in [0.1, 0.15) is 5.82 Å². The van der Waals surface area contributed by atoms with Crippen LogP contribution in [-0.4, -0.2) is 71.8 Å². The van der Waals surface area contributed by atoms with Crippen LogP contribution >= 0.6 is 0 Å². The number of likely N-dealkylation sites (tertiary alicyclic amines) is 1. The lowest BCUT2D eigenvalue weighted by Crippen LogP contribution is -2.64. The molecule has 0 unspecified atom stereocenters. The van der Waals surface area contributed by atoms with Crippen molar-refractivity contribution in [2.24, 2.45) is 0 Å². The van der Waals surface area contributed by atoms with Crippen molar-refractivity contribution < 1.29 is 14.0 Å². The molecular formula is C16H20FN3O2. The number of carbonyl (C=O) groups excluding carboxylic acids is 2. The smallest absolute Gasteiger partial charge is 0.256 e. The van der Waals surface area contributed by atoms with Gasteiger partial charge in [-0.1, -0.05) is 12.1 Å². The molecule has 118 valence electrons. The van der Waals surface area contributed by atoms with Crippen molar-refractivity contribution in [3.63, 3.8) is 0 Å². The molecule has 0 atom stereocenters. The fourth-order valence-electron chi connectivity index (χ4n) is 3.06. The standard InChI is InChI=1S/C16H20FN3O2/c1-12(21)18-6-8-19(9-7-18)13-10-20(11-13)16(22)14-4-2-3-5-15(14)17/h2-5,13H,6-11H2,1H3. The molecule has 22 heavy (non-hydrogen) atoms. The van der Waals surface area contributed by atoms with Crippen LogP contribution in [0.25, 0.3) is 0 Å². The largest absolute Gasteiger partial charge is 0.340 e. The van der Waals surface area contributed by atoms with Gasteiger partial charge < -0.3 is 9.80 Å². The summed E-state index contributed by atoms with van der Waals surface area (Å²) in [7, 11) is 0. The molecule has 0 bridgehead atoms. The van der Waals surface area contributed by atoms with Gasteiger partial charge >= 0.3 is 0 Å². The number of amides is 2. The summed E-state index contributed by atoms with van der Waals surface area (Å²) in [6, 6.07) is 6.42. The molecule has 2 amide bonds. The normalized spacial score (nSPS) is 19.9. The fourth-order valence-corrected chi connectivity index (χ4v) is 3.06. The summed E-state index contributed by atoms with van der Waals surface area (Å²) in [6.07, 6.45) is 0. The summed E-state index contributed by atoms with van der Waals surface area (Å²) < 4.78 is 13.6. The highest BCUT2D eigenvalue weighted by Gasteiger charge is 2.37. The van der Waals surface area contributed by atoms with E-state index in [1.807, 2.05) is 4.90 Å². The van der Waals surface area contributed by atoms with Gasteiger partial charge in [-0.3, -0.25) is 14.5 Å². The molecule has 0 N–H and O–H groups in total. The van der Waals surface area contributed by atoms with Gasteiger partial charge in [-0.15, -0.1) is 0 Å². The predicted molar refractivity (Wildman–Crippen MR) is 79.9 cm³/mol. The lowest BCUT2D eigenvalue weighted by molar-refractivity contribution is -0.131. The zero-order chi connectivity index (χ0) is 15.7. The lowest BCUT2D eigenvalue weighted by Gasteiger charge is -2.48. The minimum absolute atomic E-state index is 0.115. The van der Waals surface area contributed by atoms with E-state index in [1.165, 1.54) is 12.1 Å². The Morgan fingerprint density at radius 2 is 1.68 bits per heavy atom. The topological polar surface area (TPSA) is 43.9 Å². The third-order valence-corrected chi connectivity index (χ3v) is 4.53. The molecule has 0 aromatic heterocycles. The Morgan fingerprint density at radius 1 is 1.05 bits per heavy atom. The van der Waals surface area contributed by atoms with Crippen LogP contribution < -0.4 is 0 Å². The van der Waals surface area contributed by atoms with Crippen LogP contribution in [0, 0.1) is 5.82 Å². The van der Waals surface area contributed by atoms with Crippen LogP contribution in [0.15, 0.2) is 24.3 Å². The minimum Gasteiger partial charge on any atom is -0.340 e. The number of halogens is 1. The first kappa shape index (κ1) is 15.0. The summed E-state index contributed by atoms with van der Waals surface area (Å²) in [5, 5.41) is 0. The van der Waals surface area contributed by atoms with Crippen LogP contribution in [0.4, 0.5) is 4.39 Å². The Labute approximate surface area is 129 Å². The maximum absolute atomic E-state index is 13.6. The van der Waals surface area contributed by atoms with E-state index in [4.69, 9.17) is 0 Å². The molecule has 0 saturated carbocycles. The molecular weight excluding hydrogens is 285 g/mol. The molecule has 2 aliphatic rings. The Bertz CT molecular complexity index is 579. The van der Waals surface area contributed by atoms with E-state index in [9.17, 15) is 14.0 Å². The van der Waals surface area contributed by atoms with Crippen molar-refractivity contribution in [2.45, 2.75) is 13.0 Å². The highest BCUT2D eigenvalue weighted by molar-refractivity contribution is 5.95. The average molecular weight is 305 g/mol. The third kappa shape index (κ3) is 2.83. The predicted octanol–water partition coefficient (Wildman–Crippen LogP) is 0.814. The first-order valence-electron chi connectivity index (χ1n) is 7.59. The van der Waals surface area contributed by atoms with Crippen LogP contribution in [0.3, 0.4) is 0 Å². The second-order valence-corrected chi connectivity index (χ2v) is 5.89.